The molecule has 0 bridgehead atoms. The van der Waals surface area contributed by atoms with Gasteiger partial charge in [-0.1, -0.05) is 32.0 Å². The maximum Gasteiger partial charge on any atom is 0.286 e. The zero-order chi connectivity index (χ0) is 16.6. The van der Waals surface area contributed by atoms with E-state index in [9.17, 15) is 13.0 Å². The summed E-state index contributed by atoms with van der Waals surface area (Å²) >= 11 is 0. The highest BCUT2D eigenvalue weighted by Gasteiger charge is 2.35. The number of fused-ring (bicyclic) bond motifs is 2. The van der Waals surface area contributed by atoms with Gasteiger partial charge in [-0.3, -0.25) is 4.55 Å². The Labute approximate surface area is 136 Å². The molecule has 1 N–H and O–H groups in total. The molecular formula is C17H19NO4S. The normalized spacial score (nSPS) is 14.7. The van der Waals surface area contributed by atoms with Gasteiger partial charge in [-0.25, -0.2) is 0 Å². The number of para-hydroxylation sites is 2. The Bertz CT molecular complexity index is 832. The quantitative estimate of drug-likeness (QED) is 0.853. The molecule has 122 valence electrons. The lowest BCUT2D eigenvalue weighted by molar-refractivity contribution is 0.451. The maximum atomic E-state index is 11.9. The molecule has 5 nitrogen and oxygen atoms in total. The third kappa shape index (κ3) is 2.80. The summed E-state index contributed by atoms with van der Waals surface area (Å²) in [6.45, 7) is 3.77. The van der Waals surface area contributed by atoms with Gasteiger partial charge in [0.15, 0.2) is 16.9 Å². The van der Waals surface area contributed by atoms with E-state index in [1.807, 2.05) is 37.3 Å². The van der Waals surface area contributed by atoms with Crippen LogP contribution < -0.4 is 9.64 Å². The second kappa shape index (κ2) is 5.86. The number of rotatable bonds is 4. The Balaban J connectivity index is 2.24. The zero-order valence-electron chi connectivity index (χ0n) is 13.1. The average Bonchev–Trinajstić information content (AvgIpc) is 2.53. The minimum absolute atomic E-state index is 0.253. The molecule has 1 aliphatic heterocycles. The van der Waals surface area contributed by atoms with Gasteiger partial charge in [0.05, 0.1) is 11.4 Å². The van der Waals surface area contributed by atoms with Crippen LogP contribution in [-0.2, 0) is 16.5 Å². The predicted molar refractivity (Wildman–Crippen MR) is 90.1 cm³/mol. The molecule has 0 spiro atoms. The van der Waals surface area contributed by atoms with Crippen LogP contribution in [0.2, 0.25) is 0 Å². The molecule has 1 aliphatic rings. The van der Waals surface area contributed by atoms with Crippen LogP contribution >= 0.6 is 0 Å². The van der Waals surface area contributed by atoms with E-state index in [0.29, 0.717) is 22.9 Å². The third-order valence-corrected chi connectivity index (χ3v) is 5.25. The highest BCUT2D eigenvalue weighted by molar-refractivity contribution is 7.86. The van der Waals surface area contributed by atoms with E-state index in [4.69, 9.17) is 4.74 Å². The molecule has 6 heteroatoms. The smallest absolute Gasteiger partial charge is 0.286 e. The Hall–Kier alpha value is -2.05. The number of hydrogen-bond acceptors (Lipinski definition) is 4. The first-order valence-corrected chi connectivity index (χ1v) is 9.11. The van der Waals surface area contributed by atoms with Crippen molar-refractivity contribution in [1.82, 2.24) is 0 Å². The molecular weight excluding hydrogens is 314 g/mol. The fraction of sp³-hybridized carbons (Fsp3) is 0.294. The molecule has 0 amide bonds. The van der Waals surface area contributed by atoms with Crippen LogP contribution in [0, 0.1) is 0 Å². The lowest BCUT2D eigenvalue weighted by Gasteiger charge is -2.36. The SMILES string of the molecule is CCc1ccc2c(c1)N(C(CC)S(=O)(=O)O)c1ccccc1O2. The second-order valence-corrected chi connectivity index (χ2v) is 7.05. The van der Waals surface area contributed by atoms with Crippen LogP contribution in [0.1, 0.15) is 25.8 Å². The molecule has 0 saturated carbocycles. The topological polar surface area (TPSA) is 66.8 Å². The first kappa shape index (κ1) is 15.8. The van der Waals surface area contributed by atoms with E-state index < -0.39 is 15.5 Å². The minimum Gasteiger partial charge on any atom is -0.453 e. The fourth-order valence-corrected chi connectivity index (χ4v) is 3.80. The van der Waals surface area contributed by atoms with Gasteiger partial charge in [-0.2, -0.15) is 8.42 Å². The van der Waals surface area contributed by atoms with Crippen LogP contribution in [0.3, 0.4) is 0 Å². The Morgan fingerprint density at radius 1 is 1.09 bits per heavy atom. The van der Waals surface area contributed by atoms with Gasteiger partial charge in [0.1, 0.15) is 0 Å². The highest BCUT2D eigenvalue weighted by Crippen LogP contribution is 2.48. The number of ether oxygens (including phenoxy) is 1. The summed E-state index contributed by atoms with van der Waals surface area (Å²) in [6.07, 6.45) is 1.08. The summed E-state index contributed by atoms with van der Waals surface area (Å²) in [5.74, 6) is 1.16. The molecule has 23 heavy (non-hydrogen) atoms. The second-order valence-electron chi connectivity index (χ2n) is 5.47. The summed E-state index contributed by atoms with van der Waals surface area (Å²) in [4.78, 5) is 1.66. The molecule has 0 aromatic heterocycles. The van der Waals surface area contributed by atoms with Gasteiger partial charge >= 0.3 is 0 Å². The molecule has 1 unspecified atom stereocenters. The van der Waals surface area contributed by atoms with Crippen molar-refractivity contribution in [2.24, 2.45) is 0 Å². The summed E-state index contributed by atoms with van der Waals surface area (Å²) in [6, 6.07) is 12.9. The van der Waals surface area contributed by atoms with Gasteiger partial charge in [0.25, 0.3) is 10.1 Å². The summed E-state index contributed by atoms with van der Waals surface area (Å²) in [5, 5.41) is -1.06. The van der Waals surface area contributed by atoms with Gasteiger partial charge in [0.2, 0.25) is 0 Å². The first-order valence-electron chi connectivity index (χ1n) is 7.61. The number of aryl methyl sites for hydroxylation is 1. The number of anilines is 2. The lowest BCUT2D eigenvalue weighted by Crippen LogP contribution is -2.38. The average molecular weight is 333 g/mol. The summed E-state index contributed by atoms with van der Waals surface area (Å²) < 4.78 is 39.4. The van der Waals surface area contributed by atoms with Crippen molar-refractivity contribution >= 4 is 21.5 Å². The van der Waals surface area contributed by atoms with Gasteiger partial charge in [0, 0.05) is 0 Å². The third-order valence-electron chi connectivity index (χ3n) is 4.02. The first-order chi connectivity index (χ1) is 11.0. The molecule has 2 aromatic carbocycles. The number of benzene rings is 2. The van der Waals surface area contributed by atoms with Crippen molar-refractivity contribution in [2.75, 3.05) is 4.90 Å². The van der Waals surface area contributed by atoms with Crippen molar-refractivity contribution in [3.05, 3.63) is 48.0 Å². The van der Waals surface area contributed by atoms with Gasteiger partial charge < -0.3 is 9.64 Å². The van der Waals surface area contributed by atoms with E-state index in [-0.39, 0.29) is 6.42 Å². The molecule has 2 aromatic rings. The van der Waals surface area contributed by atoms with E-state index in [2.05, 4.69) is 0 Å². The largest absolute Gasteiger partial charge is 0.453 e. The van der Waals surface area contributed by atoms with Crippen LogP contribution in [0.5, 0.6) is 11.5 Å². The summed E-state index contributed by atoms with van der Waals surface area (Å²) in [5.41, 5.74) is 2.37. The van der Waals surface area contributed by atoms with Crippen molar-refractivity contribution in [3.8, 4) is 11.5 Å². The van der Waals surface area contributed by atoms with E-state index in [1.165, 1.54) is 0 Å². The monoisotopic (exact) mass is 333 g/mol. The molecule has 0 saturated heterocycles. The van der Waals surface area contributed by atoms with Gasteiger partial charge in [-0.15, -0.1) is 0 Å². The van der Waals surface area contributed by atoms with Gasteiger partial charge in [-0.05, 0) is 42.7 Å². The van der Waals surface area contributed by atoms with Crippen molar-refractivity contribution in [3.63, 3.8) is 0 Å². The van der Waals surface area contributed by atoms with Crippen molar-refractivity contribution in [2.45, 2.75) is 32.1 Å². The Morgan fingerprint density at radius 3 is 2.43 bits per heavy atom. The molecule has 1 atom stereocenters. The van der Waals surface area contributed by atoms with Crippen molar-refractivity contribution in [1.29, 1.82) is 0 Å². The van der Waals surface area contributed by atoms with Crippen LogP contribution in [0.4, 0.5) is 11.4 Å². The Kier molecular flexibility index (Phi) is 4.04. The molecule has 0 radical (unpaired) electrons. The minimum atomic E-state index is -4.25. The molecule has 3 rings (SSSR count). The fourth-order valence-electron chi connectivity index (χ4n) is 2.88. The Morgan fingerprint density at radius 2 is 1.78 bits per heavy atom. The number of hydrogen-bond donors (Lipinski definition) is 1. The summed E-state index contributed by atoms with van der Waals surface area (Å²) in [7, 11) is -4.25. The van der Waals surface area contributed by atoms with E-state index >= 15 is 0 Å². The molecule has 0 fully saturated rings. The standard InChI is InChI=1S/C17H19NO4S/c1-3-12-9-10-16-14(11-12)18(17(4-2)23(19,20)21)13-7-5-6-8-15(13)22-16/h5-11,17H,3-4H2,1-2H3,(H,19,20,21). The van der Waals surface area contributed by atoms with Crippen LogP contribution in [0.25, 0.3) is 0 Å². The van der Waals surface area contributed by atoms with E-state index in [1.54, 1.807) is 24.0 Å². The maximum absolute atomic E-state index is 11.9. The highest BCUT2D eigenvalue weighted by atomic mass is 32.2. The zero-order valence-corrected chi connectivity index (χ0v) is 13.9. The predicted octanol–water partition coefficient (Wildman–Crippen LogP) is 4.12. The van der Waals surface area contributed by atoms with Crippen molar-refractivity contribution < 1.29 is 17.7 Å². The molecule has 0 aliphatic carbocycles. The molecule has 1 heterocycles. The van der Waals surface area contributed by atoms with Crippen LogP contribution in [-0.4, -0.2) is 18.3 Å². The number of nitrogens with zero attached hydrogens (tertiary/aromatic N) is 1. The van der Waals surface area contributed by atoms with Crippen LogP contribution in [0.15, 0.2) is 42.5 Å². The van der Waals surface area contributed by atoms with E-state index in [0.717, 1.165) is 12.0 Å². The lowest BCUT2D eigenvalue weighted by atomic mass is 10.1.